The van der Waals surface area contributed by atoms with E-state index in [2.05, 4.69) is 5.32 Å². The highest BCUT2D eigenvalue weighted by Crippen LogP contribution is 2.31. The van der Waals surface area contributed by atoms with E-state index in [9.17, 15) is 26.4 Å². The molecule has 36 heavy (non-hydrogen) atoms. The third-order valence-corrected chi connectivity index (χ3v) is 6.95. The molecule has 3 aromatic carbocycles. The van der Waals surface area contributed by atoms with Gasteiger partial charge in [0.1, 0.15) is 10.6 Å². The summed E-state index contributed by atoms with van der Waals surface area (Å²) in [4.78, 5) is 14.1. The van der Waals surface area contributed by atoms with E-state index < -0.39 is 26.8 Å². The van der Waals surface area contributed by atoms with Crippen LogP contribution in [0.5, 0.6) is 5.75 Å². The highest BCUT2D eigenvalue weighted by Gasteiger charge is 2.32. The van der Waals surface area contributed by atoms with Crippen LogP contribution in [-0.2, 0) is 22.8 Å². The summed E-state index contributed by atoms with van der Waals surface area (Å²) in [5.74, 6) is -0.0596. The maximum absolute atomic E-state index is 13.0. The van der Waals surface area contributed by atoms with Crippen LogP contribution in [0.25, 0.3) is 0 Å². The molecule has 1 unspecified atom stereocenters. The third-order valence-electron chi connectivity index (χ3n) is 5.70. The minimum atomic E-state index is -4.68. The van der Waals surface area contributed by atoms with Crippen molar-refractivity contribution in [3.05, 3.63) is 89.5 Å². The van der Waals surface area contributed by atoms with Crippen molar-refractivity contribution in [1.29, 1.82) is 0 Å². The molecular formula is C26H27F3N2O4S. The van der Waals surface area contributed by atoms with Crippen molar-refractivity contribution in [3.63, 3.8) is 0 Å². The molecule has 6 nitrogen and oxygen atoms in total. The number of aryl methyl sites for hydroxylation is 1. The number of rotatable bonds is 8. The Bertz CT molecular complexity index is 1310. The smallest absolute Gasteiger partial charge is 0.379 e. The molecule has 3 rings (SSSR count). The number of halogens is 3. The van der Waals surface area contributed by atoms with Gasteiger partial charge in [-0.2, -0.15) is 21.6 Å². The Kier molecular flexibility index (Phi) is 8.29. The van der Waals surface area contributed by atoms with Gasteiger partial charge in [0.05, 0.1) is 5.56 Å². The fourth-order valence-corrected chi connectivity index (χ4v) is 4.38. The van der Waals surface area contributed by atoms with Crippen LogP contribution in [0.4, 0.5) is 23.7 Å². The topological polar surface area (TPSA) is 75.7 Å². The van der Waals surface area contributed by atoms with Gasteiger partial charge in [-0.25, -0.2) is 4.79 Å². The molecule has 0 fully saturated rings. The zero-order valence-corrected chi connectivity index (χ0v) is 20.9. The molecule has 192 valence electrons. The van der Waals surface area contributed by atoms with Crippen molar-refractivity contribution in [2.24, 2.45) is 0 Å². The molecule has 1 N–H and O–H groups in total. The molecule has 0 aliphatic carbocycles. The first-order valence-electron chi connectivity index (χ1n) is 11.2. The molecule has 0 heterocycles. The monoisotopic (exact) mass is 520 g/mol. The number of alkyl halides is 3. The molecule has 2 amide bonds. The first kappa shape index (κ1) is 27.1. The van der Waals surface area contributed by atoms with Gasteiger partial charge in [0.25, 0.3) is 0 Å². The predicted molar refractivity (Wildman–Crippen MR) is 131 cm³/mol. The van der Waals surface area contributed by atoms with E-state index in [-0.39, 0.29) is 24.4 Å². The Hall–Kier alpha value is -3.53. The highest BCUT2D eigenvalue weighted by molar-refractivity contribution is 7.87. The van der Waals surface area contributed by atoms with Gasteiger partial charge in [0, 0.05) is 18.3 Å². The number of nitrogens with zero attached hydrogens (tertiary/aromatic N) is 1. The molecular weight excluding hydrogens is 493 g/mol. The van der Waals surface area contributed by atoms with Crippen LogP contribution in [-0.4, -0.2) is 25.4 Å². The average Bonchev–Trinajstić information content (AvgIpc) is 2.84. The Morgan fingerprint density at radius 1 is 1.03 bits per heavy atom. The van der Waals surface area contributed by atoms with Gasteiger partial charge in [0.15, 0.2) is 0 Å². The standard InChI is InChI=1S/C26H27F3N2O4S/c1-4-19(3)31(25(32)30-24-11-6-5-8-18(24)2)17-20-12-14-22(15-13-20)35-36(33,34)23-10-7-9-21(16-23)26(27,28)29/h5-16,19H,4,17H2,1-3H3,(H,30,32). The summed E-state index contributed by atoms with van der Waals surface area (Å²) >= 11 is 0. The number of carbonyl (C=O) groups excluding carboxylic acids is 1. The number of benzene rings is 3. The molecule has 0 aromatic heterocycles. The minimum absolute atomic E-state index is 0.0596. The fourth-order valence-electron chi connectivity index (χ4n) is 3.40. The van der Waals surface area contributed by atoms with Crippen molar-refractivity contribution in [2.75, 3.05) is 5.32 Å². The molecule has 0 saturated carbocycles. The van der Waals surface area contributed by atoms with Gasteiger partial charge in [-0.3, -0.25) is 0 Å². The summed E-state index contributed by atoms with van der Waals surface area (Å²) in [6, 6.07) is 16.4. The maximum Gasteiger partial charge on any atom is 0.416 e. The number of carbonyl (C=O) groups is 1. The van der Waals surface area contributed by atoms with Crippen LogP contribution in [0, 0.1) is 6.92 Å². The molecule has 0 spiro atoms. The Labute approximate surface area is 208 Å². The van der Waals surface area contributed by atoms with Crippen LogP contribution >= 0.6 is 0 Å². The summed E-state index contributed by atoms with van der Waals surface area (Å²) in [6.45, 7) is 6.05. The lowest BCUT2D eigenvalue weighted by atomic mass is 10.1. The predicted octanol–water partition coefficient (Wildman–Crippen LogP) is 6.61. The van der Waals surface area contributed by atoms with Gasteiger partial charge >= 0.3 is 22.3 Å². The van der Waals surface area contributed by atoms with Gasteiger partial charge < -0.3 is 14.4 Å². The number of anilines is 1. The number of amides is 2. The second-order valence-electron chi connectivity index (χ2n) is 8.34. The van der Waals surface area contributed by atoms with E-state index in [1.807, 2.05) is 45.0 Å². The highest BCUT2D eigenvalue weighted by atomic mass is 32.2. The van der Waals surface area contributed by atoms with E-state index in [0.717, 1.165) is 35.7 Å². The molecule has 0 radical (unpaired) electrons. The summed E-state index contributed by atoms with van der Waals surface area (Å²) < 4.78 is 68.9. The van der Waals surface area contributed by atoms with Crippen LogP contribution in [0.1, 0.15) is 37.0 Å². The van der Waals surface area contributed by atoms with Gasteiger partial charge in [-0.1, -0.05) is 43.3 Å². The SMILES string of the molecule is CCC(C)N(Cc1ccc(OS(=O)(=O)c2cccc(C(F)(F)F)c2)cc1)C(=O)Nc1ccccc1C. The van der Waals surface area contributed by atoms with E-state index >= 15 is 0 Å². The molecule has 1 atom stereocenters. The van der Waals surface area contributed by atoms with Crippen LogP contribution in [0.15, 0.2) is 77.7 Å². The molecule has 0 aliphatic rings. The summed E-state index contributed by atoms with van der Waals surface area (Å²) in [5.41, 5.74) is 1.27. The Balaban J connectivity index is 1.74. The second kappa shape index (κ2) is 11.0. The first-order valence-corrected chi connectivity index (χ1v) is 12.7. The van der Waals surface area contributed by atoms with Crippen molar-refractivity contribution in [1.82, 2.24) is 4.90 Å². The fraction of sp³-hybridized carbons (Fsp3) is 0.269. The van der Waals surface area contributed by atoms with Gasteiger partial charge in [-0.05, 0) is 67.8 Å². The molecule has 0 saturated heterocycles. The summed E-state index contributed by atoms with van der Waals surface area (Å²) in [7, 11) is -4.48. The van der Waals surface area contributed by atoms with Crippen molar-refractivity contribution >= 4 is 21.8 Å². The van der Waals surface area contributed by atoms with Crippen molar-refractivity contribution in [2.45, 2.75) is 50.9 Å². The van der Waals surface area contributed by atoms with E-state index in [1.165, 1.54) is 12.1 Å². The van der Waals surface area contributed by atoms with E-state index in [4.69, 9.17) is 4.18 Å². The largest absolute Gasteiger partial charge is 0.416 e. The average molecular weight is 521 g/mol. The molecule has 10 heteroatoms. The van der Waals surface area contributed by atoms with Crippen LogP contribution in [0.3, 0.4) is 0 Å². The number of urea groups is 1. The first-order chi connectivity index (χ1) is 16.9. The van der Waals surface area contributed by atoms with Crippen LogP contribution < -0.4 is 9.50 Å². The van der Waals surface area contributed by atoms with E-state index in [1.54, 1.807) is 17.0 Å². The zero-order valence-electron chi connectivity index (χ0n) is 20.0. The Morgan fingerprint density at radius 2 is 1.69 bits per heavy atom. The lowest BCUT2D eigenvalue weighted by Gasteiger charge is -2.29. The van der Waals surface area contributed by atoms with Crippen LogP contribution in [0.2, 0.25) is 0 Å². The lowest BCUT2D eigenvalue weighted by molar-refractivity contribution is -0.137. The van der Waals surface area contributed by atoms with Crippen molar-refractivity contribution < 1.29 is 30.6 Å². The normalized spacial score (nSPS) is 12.6. The maximum atomic E-state index is 13.0. The minimum Gasteiger partial charge on any atom is -0.379 e. The molecule has 3 aromatic rings. The number of hydrogen-bond acceptors (Lipinski definition) is 4. The van der Waals surface area contributed by atoms with Gasteiger partial charge in [-0.15, -0.1) is 0 Å². The van der Waals surface area contributed by atoms with Gasteiger partial charge in [0.2, 0.25) is 0 Å². The molecule has 0 aliphatic heterocycles. The summed E-state index contributed by atoms with van der Waals surface area (Å²) in [5, 5.41) is 2.92. The van der Waals surface area contributed by atoms with E-state index in [0.29, 0.717) is 11.8 Å². The van der Waals surface area contributed by atoms with Crippen molar-refractivity contribution in [3.8, 4) is 5.75 Å². The number of para-hydroxylation sites is 1. The quantitative estimate of drug-likeness (QED) is 0.339. The zero-order chi connectivity index (χ0) is 26.5. The second-order valence-corrected chi connectivity index (χ2v) is 9.88. The third kappa shape index (κ3) is 6.78. The Morgan fingerprint density at radius 3 is 2.31 bits per heavy atom. The summed E-state index contributed by atoms with van der Waals surface area (Å²) in [6.07, 6.45) is -3.96. The number of hydrogen-bond donors (Lipinski definition) is 1. The lowest BCUT2D eigenvalue weighted by Crippen LogP contribution is -2.40. The number of nitrogens with one attached hydrogen (secondary N) is 1. The molecule has 0 bridgehead atoms.